The molecule has 1 unspecified atom stereocenters. The van der Waals surface area contributed by atoms with Gasteiger partial charge in [0.15, 0.2) is 0 Å². The van der Waals surface area contributed by atoms with Crippen LogP contribution in [0, 0.1) is 0 Å². The van der Waals surface area contributed by atoms with Gasteiger partial charge >= 0.3 is 0 Å². The van der Waals surface area contributed by atoms with E-state index in [9.17, 15) is 0 Å². The van der Waals surface area contributed by atoms with Crippen molar-refractivity contribution in [3.8, 4) is 0 Å². The zero-order valence-electron chi connectivity index (χ0n) is 12.3. The summed E-state index contributed by atoms with van der Waals surface area (Å²) in [6, 6.07) is 18.7. The first-order valence-corrected chi connectivity index (χ1v) is 8.17. The first-order chi connectivity index (χ1) is 9.68. The van der Waals surface area contributed by atoms with Crippen molar-refractivity contribution in [2.45, 2.75) is 5.25 Å². The largest absolute Gasteiger partial charge is 0.309 e. The molecule has 0 saturated heterocycles. The van der Waals surface area contributed by atoms with Gasteiger partial charge in [-0.05, 0) is 31.3 Å². The highest BCUT2D eigenvalue weighted by Gasteiger charge is 2.16. The van der Waals surface area contributed by atoms with Crippen molar-refractivity contribution in [1.82, 2.24) is 4.90 Å². The van der Waals surface area contributed by atoms with E-state index in [1.807, 2.05) is 23.9 Å². The van der Waals surface area contributed by atoms with Crippen LogP contribution >= 0.6 is 35.8 Å². The number of benzene rings is 2. The van der Waals surface area contributed by atoms with E-state index in [1.54, 1.807) is 0 Å². The standard InChI is InChI=1S/C17H20ClNS.ClH/c1-19(2)12-13-20-17(14-8-4-3-5-9-14)15-10-6-7-11-16(15)18;/h3-11,17H,12-13H2,1-2H3;1H. The van der Waals surface area contributed by atoms with Gasteiger partial charge < -0.3 is 4.90 Å². The third-order valence-electron chi connectivity index (χ3n) is 3.11. The summed E-state index contributed by atoms with van der Waals surface area (Å²) >= 11 is 8.33. The van der Waals surface area contributed by atoms with E-state index < -0.39 is 0 Å². The second kappa shape index (κ2) is 9.37. The van der Waals surface area contributed by atoms with Crippen LogP contribution in [0.5, 0.6) is 0 Å². The molecule has 0 amide bonds. The maximum atomic E-state index is 6.39. The molecule has 0 heterocycles. The molecule has 21 heavy (non-hydrogen) atoms. The number of hydrogen-bond acceptors (Lipinski definition) is 2. The Bertz CT molecular complexity index is 531. The molecule has 0 saturated carbocycles. The van der Waals surface area contributed by atoms with Crippen LogP contribution in [0.4, 0.5) is 0 Å². The Morgan fingerprint density at radius 3 is 2.24 bits per heavy atom. The molecule has 114 valence electrons. The molecule has 2 rings (SSSR count). The molecule has 0 aliphatic rings. The summed E-state index contributed by atoms with van der Waals surface area (Å²) in [5, 5.41) is 1.14. The monoisotopic (exact) mass is 341 g/mol. The van der Waals surface area contributed by atoms with E-state index in [0.29, 0.717) is 5.25 Å². The molecule has 0 bridgehead atoms. The molecule has 0 aromatic heterocycles. The normalized spacial score (nSPS) is 12.0. The smallest absolute Gasteiger partial charge is 0.0561 e. The van der Waals surface area contributed by atoms with E-state index in [2.05, 4.69) is 61.5 Å². The van der Waals surface area contributed by atoms with Crippen LogP contribution in [-0.4, -0.2) is 31.3 Å². The maximum absolute atomic E-state index is 6.39. The van der Waals surface area contributed by atoms with E-state index in [-0.39, 0.29) is 12.4 Å². The van der Waals surface area contributed by atoms with Gasteiger partial charge in [-0.3, -0.25) is 0 Å². The van der Waals surface area contributed by atoms with Crippen LogP contribution in [0.3, 0.4) is 0 Å². The lowest BCUT2D eigenvalue weighted by Gasteiger charge is -2.20. The van der Waals surface area contributed by atoms with Gasteiger partial charge in [0.25, 0.3) is 0 Å². The highest BCUT2D eigenvalue weighted by Crippen LogP contribution is 2.38. The van der Waals surface area contributed by atoms with E-state index >= 15 is 0 Å². The summed E-state index contributed by atoms with van der Waals surface area (Å²) in [4.78, 5) is 2.21. The average molecular weight is 342 g/mol. The van der Waals surface area contributed by atoms with Gasteiger partial charge in [-0.15, -0.1) is 24.2 Å². The molecule has 1 atom stereocenters. The predicted molar refractivity (Wildman–Crippen MR) is 98.0 cm³/mol. The third kappa shape index (κ3) is 5.55. The molecular weight excluding hydrogens is 321 g/mol. The fourth-order valence-corrected chi connectivity index (χ4v) is 3.78. The van der Waals surface area contributed by atoms with Crippen LogP contribution in [-0.2, 0) is 0 Å². The average Bonchev–Trinajstić information content (AvgIpc) is 2.45. The Hall–Kier alpha value is -0.670. The number of hydrogen-bond donors (Lipinski definition) is 0. The van der Waals surface area contributed by atoms with E-state index in [4.69, 9.17) is 11.6 Å². The summed E-state index contributed by atoms with van der Waals surface area (Å²) in [6.45, 7) is 1.07. The van der Waals surface area contributed by atoms with Gasteiger partial charge in [-0.1, -0.05) is 60.1 Å². The molecule has 2 aromatic rings. The fourth-order valence-electron chi connectivity index (χ4n) is 2.03. The van der Waals surface area contributed by atoms with Gasteiger partial charge in [0.1, 0.15) is 0 Å². The molecule has 4 heteroatoms. The zero-order chi connectivity index (χ0) is 14.4. The van der Waals surface area contributed by atoms with Crippen molar-refractivity contribution in [1.29, 1.82) is 0 Å². The fraction of sp³-hybridized carbons (Fsp3) is 0.294. The van der Waals surface area contributed by atoms with Crippen molar-refractivity contribution < 1.29 is 0 Å². The van der Waals surface area contributed by atoms with Crippen molar-refractivity contribution in [2.24, 2.45) is 0 Å². The van der Waals surface area contributed by atoms with Gasteiger partial charge in [-0.2, -0.15) is 0 Å². The lowest BCUT2D eigenvalue weighted by Crippen LogP contribution is -2.15. The third-order valence-corrected chi connectivity index (χ3v) is 4.73. The number of rotatable bonds is 6. The molecular formula is C17H21Cl2NS. The summed E-state index contributed by atoms with van der Waals surface area (Å²) in [6.07, 6.45) is 0. The highest BCUT2D eigenvalue weighted by atomic mass is 35.5. The summed E-state index contributed by atoms with van der Waals surface area (Å²) < 4.78 is 0. The molecule has 0 radical (unpaired) electrons. The first-order valence-electron chi connectivity index (χ1n) is 6.74. The minimum Gasteiger partial charge on any atom is -0.309 e. The van der Waals surface area contributed by atoms with Crippen LogP contribution in [0.2, 0.25) is 5.02 Å². The summed E-state index contributed by atoms with van der Waals surface area (Å²) in [7, 11) is 4.21. The molecule has 0 aliphatic heterocycles. The Morgan fingerprint density at radius 2 is 1.62 bits per heavy atom. The molecule has 1 nitrogen and oxygen atoms in total. The second-order valence-corrected chi connectivity index (χ2v) is 6.61. The zero-order valence-corrected chi connectivity index (χ0v) is 14.7. The molecule has 0 spiro atoms. The van der Waals surface area contributed by atoms with Gasteiger partial charge in [0.2, 0.25) is 0 Å². The Kier molecular flexibility index (Phi) is 8.20. The van der Waals surface area contributed by atoms with Crippen LogP contribution in [0.15, 0.2) is 54.6 Å². The topological polar surface area (TPSA) is 3.24 Å². The maximum Gasteiger partial charge on any atom is 0.0561 e. The van der Waals surface area contributed by atoms with Gasteiger partial charge in [-0.25, -0.2) is 0 Å². The second-order valence-electron chi connectivity index (χ2n) is 4.99. The number of halogens is 2. The van der Waals surface area contributed by atoms with Crippen molar-refractivity contribution in [2.75, 3.05) is 26.4 Å². The van der Waals surface area contributed by atoms with Crippen LogP contribution in [0.25, 0.3) is 0 Å². The Balaban J connectivity index is 0.00000220. The minimum absolute atomic E-state index is 0. The van der Waals surface area contributed by atoms with Gasteiger partial charge in [0.05, 0.1) is 5.25 Å². The summed E-state index contributed by atoms with van der Waals surface area (Å²) in [5.41, 5.74) is 2.51. The Morgan fingerprint density at radius 1 is 1.00 bits per heavy atom. The first kappa shape index (κ1) is 18.4. The van der Waals surface area contributed by atoms with Crippen molar-refractivity contribution in [3.05, 3.63) is 70.7 Å². The SMILES string of the molecule is CN(C)CCSC(c1ccccc1)c1ccccc1Cl.Cl. The van der Waals surface area contributed by atoms with Crippen LogP contribution in [0.1, 0.15) is 16.4 Å². The number of thioether (sulfide) groups is 1. The molecule has 0 N–H and O–H groups in total. The van der Waals surface area contributed by atoms with Gasteiger partial charge in [0, 0.05) is 17.3 Å². The molecule has 0 aliphatic carbocycles. The predicted octanol–water partition coefficient (Wildman–Crippen LogP) is 5.15. The lowest BCUT2D eigenvalue weighted by atomic mass is 10.0. The molecule has 2 aromatic carbocycles. The lowest BCUT2D eigenvalue weighted by molar-refractivity contribution is 0.437. The van der Waals surface area contributed by atoms with E-state index in [1.165, 1.54) is 11.1 Å². The minimum atomic E-state index is 0. The quantitative estimate of drug-likeness (QED) is 0.715. The highest BCUT2D eigenvalue weighted by molar-refractivity contribution is 7.99. The van der Waals surface area contributed by atoms with E-state index in [0.717, 1.165) is 17.3 Å². The number of nitrogens with zero attached hydrogens (tertiary/aromatic N) is 1. The van der Waals surface area contributed by atoms with Crippen LogP contribution < -0.4 is 0 Å². The van der Waals surface area contributed by atoms with Crippen molar-refractivity contribution >= 4 is 35.8 Å². The molecule has 0 fully saturated rings. The Labute approximate surface area is 143 Å². The van der Waals surface area contributed by atoms with Crippen molar-refractivity contribution in [3.63, 3.8) is 0 Å². The summed E-state index contributed by atoms with van der Waals surface area (Å²) in [5.74, 6) is 1.08.